The van der Waals surface area contributed by atoms with Crippen molar-refractivity contribution in [2.75, 3.05) is 31.4 Å². The van der Waals surface area contributed by atoms with E-state index in [1.165, 1.54) is 43.8 Å². The Morgan fingerprint density at radius 1 is 1.00 bits per heavy atom. The number of nitrogens with zero attached hydrogens (tertiary/aromatic N) is 2. The first-order chi connectivity index (χ1) is 13.8. The summed E-state index contributed by atoms with van der Waals surface area (Å²) in [5, 5.41) is 2.67. The van der Waals surface area contributed by atoms with Crippen molar-refractivity contribution >= 4 is 33.5 Å². The van der Waals surface area contributed by atoms with Crippen LogP contribution in [0.25, 0.3) is 0 Å². The fraction of sp³-hybridized carbons (Fsp3) is 0.176. The number of methoxy groups -OCH3 is 3. The van der Waals surface area contributed by atoms with Crippen LogP contribution in [0.3, 0.4) is 0 Å². The molecule has 0 fully saturated rings. The lowest BCUT2D eigenvalue weighted by atomic mass is 10.3. The molecule has 0 saturated carbocycles. The van der Waals surface area contributed by atoms with Gasteiger partial charge in [0.05, 0.1) is 32.3 Å². The van der Waals surface area contributed by atoms with Crippen molar-refractivity contribution in [1.29, 1.82) is 0 Å². The Labute approximate surface area is 166 Å². The SMILES string of the molecule is COC(=O)/C=C(/Nc1ccc(S(=O)(=O)Nc2nccnc2OC)cc1)C(=O)OC. The third-order valence-corrected chi connectivity index (χ3v) is 4.76. The number of sulfonamides is 1. The van der Waals surface area contributed by atoms with Gasteiger partial charge < -0.3 is 19.5 Å². The minimum atomic E-state index is -3.98. The van der Waals surface area contributed by atoms with Gasteiger partial charge in [-0.2, -0.15) is 0 Å². The molecule has 0 aliphatic heterocycles. The smallest absolute Gasteiger partial charge is 0.354 e. The number of carbonyl (C=O) groups is 2. The predicted octanol–water partition coefficient (Wildman–Crippen LogP) is 0.928. The maximum Gasteiger partial charge on any atom is 0.354 e. The highest BCUT2D eigenvalue weighted by Gasteiger charge is 2.19. The molecule has 0 aliphatic rings. The van der Waals surface area contributed by atoms with Gasteiger partial charge >= 0.3 is 11.9 Å². The summed E-state index contributed by atoms with van der Waals surface area (Å²) in [5.41, 5.74) is 0.152. The Bertz CT molecular complexity index is 1020. The Morgan fingerprint density at radius 3 is 2.24 bits per heavy atom. The molecule has 11 nitrogen and oxygen atoms in total. The first-order valence-corrected chi connectivity index (χ1v) is 9.42. The van der Waals surface area contributed by atoms with E-state index in [2.05, 4.69) is 29.5 Å². The lowest BCUT2D eigenvalue weighted by Crippen LogP contribution is -2.16. The zero-order valence-electron chi connectivity index (χ0n) is 15.7. The van der Waals surface area contributed by atoms with Crippen molar-refractivity contribution in [3.8, 4) is 5.88 Å². The largest absolute Gasteiger partial charge is 0.478 e. The number of aromatic nitrogens is 2. The van der Waals surface area contributed by atoms with Crippen molar-refractivity contribution in [1.82, 2.24) is 9.97 Å². The average Bonchev–Trinajstić information content (AvgIpc) is 2.73. The van der Waals surface area contributed by atoms with Crippen LogP contribution < -0.4 is 14.8 Å². The lowest BCUT2D eigenvalue weighted by molar-refractivity contribution is -0.138. The van der Waals surface area contributed by atoms with Gasteiger partial charge in [-0.3, -0.25) is 4.72 Å². The monoisotopic (exact) mass is 422 g/mol. The average molecular weight is 422 g/mol. The molecule has 12 heteroatoms. The van der Waals surface area contributed by atoms with Crippen molar-refractivity contribution in [3.05, 3.63) is 48.4 Å². The van der Waals surface area contributed by atoms with Crippen molar-refractivity contribution in [2.24, 2.45) is 0 Å². The molecule has 0 saturated heterocycles. The summed E-state index contributed by atoms with van der Waals surface area (Å²) in [7, 11) is -0.330. The predicted molar refractivity (Wildman–Crippen MR) is 102 cm³/mol. The molecular formula is C17H18N4O7S. The zero-order chi connectivity index (χ0) is 21.4. The first kappa shape index (κ1) is 21.6. The second kappa shape index (κ2) is 9.50. The van der Waals surface area contributed by atoms with Gasteiger partial charge in [-0.25, -0.2) is 28.0 Å². The van der Waals surface area contributed by atoms with E-state index in [4.69, 9.17) is 4.74 Å². The van der Waals surface area contributed by atoms with Crippen LogP contribution in [0.5, 0.6) is 5.88 Å². The Morgan fingerprint density at radius 2 is 1.66 bits per heavy atom. The molecule has 1 heterocycles. The minimum Gasteiger partial charge on any atom is -0.478 e. The topological polar surface area (TPSA) is 146 Å². The molecule has 0 aliphatic carbocycles. The maximum atomic E-state index is 12.5. The number of benzene rings is 1. The van der Waals surface area contributed by atoms with Gasteiger partial charge in [-0.1, -0.05) is 0 Å². The van der Waals surface area contributed by atoms with E-state index >= 15 is 0 Å². The molecule has 0 spiro atoms. The molecule has 1 aromatic heterocycles. The third-order valence-electron chi connectivity index (χ3n) is 3.40. The highest BCUT2D eigenvalue weighted by atomic mass is 32.2. The van der Waals surface area contributed by atoms with Crippen LogP contribution in [0.1, 0.15) is 0 Å². The van der Waals surface area contributed by atoms with E-state index in [1.54, 1.807) is 0 Å². The summed E-state index contributed by atoms with van der Waals surface area (Å²) in [6, 6.07) is 5.38. The molecule has 1 aromatic carbocycles. The molecule has 0 atom stereocenters. The van der Waals surface area contributed by atoms with E-state index in [0.29, 0.717) is 5.69 Å². The van der Waals surface area contributed by atoms with E-state index < -0.39 is 22.0 Å². The molecule has 154 valence electrons. The number of rotatable bonds is 8. The van der Waals surface area contributed by atoms with Crippen LogP contribution in [-0.4, -0.2) is 51.7 Å². The Balaban J connectivity index is 2.23. The summed E-state index contributed by atoms with van der Waals surface area (Å²) in [6.45, 7) is 0. The molecule has 0 amide bonds. The lowest BCUT2D eigenvalue weighted by Gasteiger charge is -2.11. The first-order valence-electron chi connectivity index (χ1n) is 7.93. The summed E-state index contributed by atoms with van der Waals surface area (Å²) < 4.78 is 41.4. The maximum absolute atomic E-state index is 12.5. The number of nitrogens with one attached hydrogen (secondary N) is 2. The van der Waals surface area contributed by atoms with Crippen LogP contribution in [-0.2, 0) is 29.1 Å². The number of hydrogen-bond donors (Lipinski definition) is 2. The van der Waals surface area contributed by atoms with Crippen molar-refractivity contribution in [3.63, 3.8) is 0 Å². The van der Waals surface area contributed by atoms with Crippen LogP contribution in [0.2, 0.25) is 0 Å². The van der Waals surface area contributed by atoms with Gasteiger partial charge in [0.25, 0.3) is 15.9 Å². The number of esters is 2. The standard InChI is InChI=1S/C17H18N4O7S/c1-26-14(22)10-13(17(23)28-3)20-11-4-6-12(7-5-11)29(24,25)21-15-16(27-2)19-9-8-18-15/h4-10,20H,1-3H3,(H,18,21)/b13-10+. The summed E-state index contributed by atoms with van der Waals surface area (Å²) in [6.07, 6.45) is 3.59. The third kappa shape index (κ3) is 5.65. The Hall–Kier alpha value is -3.67. The number of carbonyl (C=O) groups excluding carboxylic acids is 2. The molecule has 2 aromatic rings. The van der Waals surface area contributed by atoms with Crippen molar-refractivity contribution in [2.45, 2.75) is 4.90 Å². The molecule has 2 rings (SSSR count). The zero-order valence-corrected chi connectivity index (χ0v) is 16.5. The second-order valence-electron chi connectivity index (χ2n) is 5.24. The summed E-state index contributed by atoms with van der Waals surface area (Å²) in [5.74, 6) is -1.61. The molecular weight excluding hydrogens is 404 g/mol. The normalized spacial score (nSPS) is 11.3. The number of ether oxygens (including phenoxy) is 3. The highest BCUT2D eigenvalue weighted by molar-refractivity contribution is 7.92. The fourth-order valence-electron chi connectivity index (χ4n) is 2.04. The molecule has 0 bridgehead atoms. The van der Waals surface area contributed by atoms with Gasteiger partial charge in [0.1, 0.15) is 5.70 Å². The van der Waals surface area contributed by atoms with Crippen LogP contribution in [0, 0.1) is 0 Å². The molecule has 2 N–H and O–H groups in total. The summed E-state index contributed by atoms with van der Waals surface area (Å²) in [4.78, 5) is 30.8. The molecule has 0 unspecified atom stereocenters. The van der Waals surface area contributed by atoms with E-state index in [9.17, 15) is 18.0 Å². The minimum absolute atomic E-state index is 0.0185. The van der Waals surface area contributed by atoms with Crippen LogP contribution in [0.15, 0.2) is 53.3 Å². The van der Waals surface area contributed by atoms with Crippen molar-refractivity contribution < 1.29 is 32.2 Å². The summed E-state index contributed by atoms with van der Waals surface area (Å²) >= 11 is 0. The second-order valence-corrected chi connectivity index (χ2v) is 6.92. The quantitative estimate of drug-likeness (QED) is 0.465. The highest BCUT2D eigenvalue weighted by Crippen LogP contribution is 2.22. The number of hydrogen-bond acceptors (Lipinski definition) is 10. The van der Waals surface area contributed by atoms with E-state index in [1.807, 2.05) is 0 Å². The van der Waals surface area contributed by atoms with E-state index in [0.717, 1.165) is 20.3 Å². The van der Waals surface area contributed by atoms with Gasteiger partial charge in [0, 0.05) is 18.1 Å². The molecule has 0 radical (unpaired) electrons. The number of anilines is 2. The van der Waals surface area contributed by atoms with Gasteiger partial charge in [-0.05, 0) is 24.3 Å². The molecule has 29 heavy (non-hydrogen) atoms. The van der Waals surface area contributed by atoms with Crippen LogP contribution in [0.4, 0.5) is 11.5 Å². The fourth-order valence-corrected chi connectivity index (χ4v) is 3.04. The van der Waals surface area contributed by atoms with E-state index in [-0.39, 0.29) is 22.3 Å². The van der Waals surface area contributed by atoms with Crippen LogP contribution >= 0.6 is 0 Å². The Kier molecular flexibility index (Phi) is 7.09. The van der Waals surface area contributed by atoms with Gasteiger partial charge in [0.15, 0.2) is 0 Å². The van der Waals surface area contributed by atoms with Gasteiger partial charge in [-0.15, -0.1) is 0 Å². The van der Waals surface area contributed by atoms with Gasteiger partial charge in [0.2, 0.25) is 5.82 Å².